The molecule has 1 aromatic rings. The van der Waals surface area contributed by atoms with E-state index in [9.17, 15) is 4.79 Å². The van der Waals surface area contributed by atoms with E-state index in [1.165, 1.54) is 5.56 Å². The minimum Gasteiger partial charge on any atom is -0.493 e. The van der Waals surface area contributed by atoms with E-state index in [0.29, 0.717) is 13.0 Å². The van der Waals surface area contributed by atoms with Crippen molar-refractivity contribution in [3.05, 3.63) is 28.8 Å². The molecule has 2 nitrogen and oxygen atoms in total. The van der Waals surface area contributed by atoms with Crippen molar-refractivity contribution in [3.8, 4) is 5.75 Å². The fourth-order valence-corrected chi connectivity index (χ4v) is 1.69. The number of aryl methyl sites for hydroxylation is 3. The molecule has 0 spiro atoms. The van der Waals surface area contributed by atoms with Gasteiger partial charge in [0.15, 0.2) is 0 Å². The number of Topliss-reactive ketones (excluding diaryl/α,β-unsaturated/α-hetero) is 1. The highest BCUT2D eigenvalue weighted by atomic mass is 16.5. The van der Waals surface area contributed by atoms with Crippen LogP contribution in [-0.2, 0) is 4.79 Å². The Bertz CT molecular complexity index is 344. The predicted molar refractivity (Wildman–Crippen MR) is 61.4 cm³/mol. The van der Waals surface area contributed by atoms with E-state index in [0.717, 1.165) is 16.9 Å². The summed E-state index contributed by atoms with van der Waals surface area (Å²) >= 11 is 0. The highest BCUT2D eigenvalue weighted by Crippen LogP contribution is 2.24. The van der Waals surface area contributed by atoms with Crippen molar-refractivity contribution in [2.24, 2.45) is 0 Å². The lowest BCUT2D eigenvalue weighted by molar-refractivity contribution is -0.117. The first kappa shape index (κ1) is 11.8. The maximum absolute atomic E-state index is 10.8. The van der Waals surface area contributed by atoms with Crippen LogP contribution in [0.1, 0.15) is 30.0 Å². The van der Waals surface area contributed by atoms with Crippen molar-refractivity contribution in [1.29, 1.82) is 0 Å². The van der Waals surface area contributed by atoms with Crippen LogP contribution in [-0.4, -0.2) is 12.4 Å². The molecule has 1 rings (SSSR count). The molecule has 0 N–H and O–H groups in total. The third kappa shape index (κ3) is 3.39. The van der Waals surface area contributed by atoms with E-state index in [1.54, 1.807) is 6.92 Å². The lowest BCUT2D eigenvalue weighted by atomic mass is 10.1. The summed E-state index contributed by atoms with van der Waals surface area (Å²) in [6.45, 7) is 8.18. The molecular formula is C13H18O2. The molecule has 0 fully saturated rings. The Kier molecular flexibility index (Phi) is 3.89. The second-order valence-electron chi connectivity index (χ2n) is 4.03. The summed E-state index contributed by atoms with van der Waals surface area (Å²) in [6.07, 6.45) is 0.479. The van der Waals surface area contributed by atoms with Gasteiger partial charge in [-0.3, -0.25) is 4.79 Å². The summed E-state index contributed by atoms with van der Waals surface area (Å²) in [4.78, 5) is 10.8. The fourth-order valence-electron chi connectivity index (χ4n) is 1.69. The molecule has 0 bridgehead atoms. The minimum atomic E-state index is 0.164. The molecule has 0 aliphatic carbocycles. The quantitative estimate of drug-likeness (QED) is 0.757. The van der Waals surface area contributed by atoms with Crippen molar-refractivity contribution in [1.82, 2.24) is 0 Å². The Balaban J connectivity index is 2.72. The summed E-state index contributed by atoms with van der Waals surface area (Å²) < 4.78 is 5.61. The van der Waals surface area contributed by atoms with Gasteiger partial charge in [-0.25, -0.2) is 0 Å². The predicted octanol–water partition coefficient (Wildman–Crippen LogP) is 2.97. The first-order valence-corrected chi connectivity index (χ1v) is 5.21. The van der Waals surface area contributed by atoms with Crippen LogP contribution in [0.15, 0.2) is 12.1 Å². The van der Waals surface area contributed by atoms with Crippen LogP contribution in [0.5, 0.6) is 5.75 Å². The van der Waals surface area contributed by atoms with E-state index < -0.39 is 0 Å². The van der Waals surface area contributed by atoms with Crippen LogP contribution < -0.4 is 4.74 Å². The third-order valence-corrected chi connectivity index (χ3v) is 2.31. The first-order chi connectivity index (χ1) is 7.00. The SMILES string of the molecule is CC(=O)CCOc1c(C)cc(C)cc1C. The van der Waals surface area contributed by atoms with Gasteiger partial charge in [-0.1, -0.05) is 17.7 Å². The molecule has 0 saturated carbocycles. The zero-order valence-electron chi connectivity index (χ0n) is 9.89. The largest absolute Gasteiger partial charge is 0.493 e. The average Bonchev–Trinajstić information content (AvgIpc) is 2.08. The highest BCUT2D eigenvalue weighted by Gasteiger charge is 2.05. The number of benzene rings is 1. The van der Waals surface area contributed by atoms with Crippen molar-refractivity contribution in [3.63, 3.8) is 0 Å². The Morgan fingerprint density at radius 3 is 2.20 bits per heavy atom. The second-order valence-corrected chi connectivity index (χ2v) is 4.03. The lowest BCUT2D eigenvalue weighted by Gasteiger charge is -2.12. The van der Waals surface area contributed by atoms with E-state index >= 15 is 0 Å². The first-order valence-electron chi connectivity index (χ1n) is 5.21. The van der Waals surface area contributed by atoms with E-state index in [1.807, 2.05) is 13.8 Å². The van der Waals surface area contributed by atoms with Crippen LogP contribution >= 0.6 is 0 Å². The van der Waals surface area contributed by atoms with Gasteiger partial charge in [-0.2, -0.15) is 0 Å². The van der Waals surface area contributed by atoms with Gasteiger partial charge in [-0.05, 0) is 38.8 Å². The Hall–Kier alpha value is -1.31. The number of carbonyl (C=O) groups excluding carboxylic acids is 1. The van der Waals surface area contributed by atoms with Gasteiger partial charge in [0.1, 0.15) is 11.5 Å². The molecule has 0 aliphatic heterocycles. The van der Waals surface area contributed by atoms with Crippen LogP contribution in [0.3, 0.4) is 0 Å². The van der Waals surface area contributed by atoms with Crippen LogP contribution in [0.25, 0.3) is 0 Å². The topological polar surface area (TPSA) is 26.3 Å². The normalized spacial score (nSPS) is 10.1. The summed E-state index contributed by atoms with van der Waals surface area (Å²) in [5.41, 5.74) is 3.51. The number of hydrogen-bond acceptors (Lipinski definition) is 2. The molecular weight excluding hydrogens is 188 g/mol. The maximum Gasteiger partial charge on any atom is 0.133 e. The van der Waals surface area contributed by atoms with Crippen molar-refractivity contribution in [2.45, 2.75) is 34.1 Å². The van der Waals surface area contributed by atoms with Gasteiger partial charge in [-0.15, -0.1) is 0 Å². The third-order valence-electron chi connectivity index (χ3n) is 2.31. The Morgan fingerprint density at radius 1 is 1.20 bits per heavy atom. The number of ether oxygens (including phenoxy) is 1. The molecule has 0 aliphatic rings. The Labute approximate surface area is 91.3 Å². The molecule has 0 amide bonds. The molecule has 0 saturated heterocycles. The van der Waals surface area contributed by atoms with Gasteiger partial charge >= 0.3 is 0 Å². The van der Waals surface area contributed by atoms with Crippen molar-refractivity contribution in [2.75, 3.05) is 6.61 Å². The maximum atomic E-state index is 10.8. The van der Waals surface area contributed by atoms with E-state index in [-0.39, 0.29) is 5.78 Å². The molecule has 2 heteroatoms. The fraction of sp³-hybridized carbons (Fsp3) is 0.462. The molecule has 82 valence electrons. The van der Waals surface area contributed by atoms with Crippen molar-refractivity contribution < 1.29 is 9.53 Å². The lowest BCUT2D eigenvalue weighted by Crippen LogP contribution is -2.04. The van der Waals surface area contributed by atoms with Crippen molar-refractivity contribution >= 4 is 5.78 Å². The smallest absolute Gasteiger partial charge is 0.133 e. The zero-order valence-corrected chi connectivity index (χ0v) is 9.89. The van der Waals surface area contributed by atoms with Gasteiger partial charge in [0.05, 0.1) is 6.61 Å². The second kappa shape index (κ2) is 4.96. The molecule has 15 heavy (non-hydrogen) atoms. The van der Waals surface area contributed by atoms with Crippen LogP contribution in [0.2, 0.25) is 0 Å². The summed E-state index contributed by atoms with van der Waals surface area (Å²) in [6, 6.07) is 4.19. The molecule has 0 aromatic heterocycles. The molecule has 1 aromatic carbocycles. The molecule has 0 unspecified atom stereocenters. The summed E-state index contributed by atoms with van der Waals surface area (Å²) in [7, 11) is 0. The summed E-state index contributed by atoms with van der Waals surface area (Å²) in [5, 5.41) is 0. The van der Waals surface area contributed by atoms with Gasteiger partial charge in [0, 0.05) is 6.42 Å². The molecule has 0 radical (unpaired) electrons. The monoisotopic (exact) mass is 206 g/mol. The number of ketones is 1. The van der Waals surface area contributed by atoms with Gasteiger partial charge < -0.3 is 4.74 Å². The zero-order chi connectivity index (χ0) is 11.4. The van der Waals surface area contributed by atoms with Gasteiger partial charge in [0.25, 0.3) is 0 Å². The highest BCUT2D eigenvalue weighted by molar-refractivity contribution is 5.75. The number of hydrogen-bond donors (Lipinski definition) is 0. The number of carbonyl (C=O) groups is 1. The molecule has 0 heterocycles. The van der Waals surface area contributed by atoms with E-state index in [4.69, 9.17) is 4.74 Å². The van der Waals surface area contributed by atoms with E-state index in [2.05, 4.69) is 19.1 Å². The van der Waals surface area contributed by atoms with Crippen LogP contribution in [0, 0.1) is 20.8 Å². The summed E-state index contributed by atoms with van der Waals surface area (Å²) in [5.74, 6) is 1.08. The standard InChI is InChI=1S/C13H18O2/c1-9-7-10(2)13(11(3)8-9)15-6-5-12(4)14/h7-8H,5-6H2,1-4H3. The minimum absolute atomic E-state index is 0.164. The average molecular weight is 206 g/mol. The number of rotatable bonds is 4. The Morgan fingerprint density at radius 2 is 1.73 bits per heavy atom. The van der Waals surface area contributed by atoms with Crippen LogP contribution in [0.4, 0.5) is 0 Å². The molecule has 0 atom stereocenters. The van der Waals surface area contributed by atoms with Gasteiger partial charge in [0.2, 0.25) is 0 Å².